The summed E-state index contributed by atoms with van der Waals surface area (Å²) in [6, 6.07) is 0.844. The molecule has 0 aliphatic rings. The van der Waals surface area contributed by atoms with Gasteiger partial charge in [0.25, 0.3) is 0 Å². The van der Waals surface area contributed by atoms with Gasteiger partial charge in [-0.15, -0.1) is 0 Å². The van der Waals surface area contributed by atoms with E-state index < -0.39 is 9.28 Å². The maximum absolute atomic E-state index is 10.8. The zero-order valence-electron chi connectivity index (χ0n) is 7.63. The lowest BCUT2D eigenvalue weighted by Gasteiger charge is -2.07. The van der Waals surface area contributed by atoms with E-state index in [2.05, 4.69) is 6.58 Å². The number of hydrogen-bond acceptors (Lipinski definition) is 3. The Bertz CT molecular complexity index is 143. The molecule has 0 saturated heterocycles. The van der Waals surface area contributed by atoms with E-state index in [4.69, 9.17) is 8.85 Å². The van der Waals surface area contributed by atoms with Crippen LogP contribution in [0.3, 0.4) is 0 Å². The van der Waals surface area contributed by atoms with Gasteiger partial charge in [-0.3, -0.25) is 4.79 Å². The summed E-state index contributed by atoms with van der Waals surface area (Å²) in [7, 11) is 2.15. The molecular formula is C8H15O3Si. The van der Waals surface area contributed by atoms with Gasteiger partial charge in [0, 0.05) is 20.6 Å². The highest BCUT2D eigenvalue weighted by Gasteiger charge is 2.11. The van der Waals surface area contributed by atoms with Gasteiger partial charge in [0.15, 0.2) is 5.78 Å². The summed E-state index contributed by atoms with van der Waals surface area (Å²) in [5.74, 6) is 0.0866. The maximum Gasteiger partial charge on any atom is 0.384 e. The van der Waals surface area contributed by atoms with Crippen molar-refractivity contribution >= 4 is 15.1 Å². The Morgan fingerprint density at radius 1 is 1.50 bits per heavy atom. The van der Waals surface area contributed by atoms with Crippen LogP contribution in [0.15, 0.2) is 12.7 Å². The van der Waals surface area contributed by atoms with Crippen LogP contribution in [-0.4, -0.2) is 29.3 Å². The SMILES string of the molecule is C=CC(=O)CCC[Si](OC)OC. The second kappa shape index (κ2) is 7.21. The molecule has 0 N–H and O–H groups in total. The molecule has 0 aromatic heterocycles. The van der Waals surface area contributed by atoms with Gasteiger partial charge < -0.3 is 8.85 Å². The van der Waals surface area contributed by atoms with Crippen molar-refractivity contribution in [1.82, 2.24) is 0 Å². The second-order valence-corrected chi connectivity index (χ2v) is 4.36. The Balaban J connectivity index is 3.40. The highest BCUT2D eigenvalue weighted by molar-refractivity contribution is 6.44. The Labute approximate surface area is 75.2 Å². The van der Waals surface area contributed by atoms with Crippen LogP contribution in [0.4, 0.5) is 0 Å². The average molecular weight is 187 g/mol. The van der Waals surface area contributed by atoms with Crippen molar-refractivity contribution in [2.24, 2.45) is 0 Å². The molecule has 0 aliphatic heterocycles. The van der Waals surface area contributed by atoms with Crippen LogP contribution in [0, 0.1) is 0 Å². The van der Waals surface area contributed by atoms with Crippen LogP contribution < -0.4 is 0 Å². The zero-order chi connectivity index (χ0) is 9.40. The van der Waals surface area contributed by atoms with Crippen molar-refractivity contribution < 1.29 is 13.6 Å². The minimum Gasteiger partial charge on any atom is -0.397 e. The smallest absolute Gasteiger partial charge is 0.384 e. The topological polar surface area (TPSA) is 35.5 Å². The maximum atomic E-state index is 10.8. The van der Waals surface area contributed by atoms with Gasteiger partial charge in [-0.2, -0.15) is 0 Å². The van der Waals surface area contributed by atoms with E-state index in [-0.39, 0.29) is 5.78 Å². The fourth-order valence-corrected chi connectivity index (χ4v) is 1.84. The third kappa shape index (κ3) is 5.23. The normalized spacial score (nSPS) is 10.2. The number of rotatable bonds is 7. The Morgan fingerprint density at radius 3 is 2.50 bits per heavy atom. The van der Waals surface area contributed by atoms with Gasteiger partial charge in [0.1, 0.15) is 0 Å². The van der Waals surface area contributed by atoms with E-state index in [0.717, 1.165) is 12.5 Å². The summed E-state index contributed by atoms with van der Waals surface area (Å²) in [6.07, 6.45) is 2.72. The molecule has 0 fully saturated rings. The summed E-state index contributed by atoms with van der Waals surface area (Å²) in [5.41, 5.74) is 0. The fraction of sp³-hybridized carbons (Fsp3) is 0.625. The summed E-state index contributed by atoms with van der Waals surface area (Å²) >= 11 is 0. The third-order valence-electron chi connectivity index (χ3n) is 1.49. The van der Waals surface area contributed by atoms with Gasteiger partial charge >= 0.3 is 9.28 Å². The first-order chi connectivity index (χ1) is 5.74. The van der Waals surface area contributed by atoms with Crippen LogP contribution in [0.1, 0.15) is 12.8 Å². The monoisotopic (exact) mass is 187 g/mol. The van der Waals surface area contributed by atoms with Gasteiger partial charge in [0.05, 0.1) is 0 Å². The van der Waals surface area contributed by atoms with E-state index in [9.17, 15) is 4.79 Å². The molecule has 0 aromatic carbocycles. The van der Waals surface area contributed by atoms with Crippen LogP contribution in [0.25, 0.3) is 0 Å². The van der Waals surface area contributed by atoms with E-state index in [0.29, 0.717) is 6.42 Å². The van der Waals surface area contributed by atoms with E-state index in [1.807, 2.05) is 0 Å². The molecule has 0 spiro atoms. The molecule has 12 heavy (non-hydrogen) atoms. The minimum atomic E-state index is -1.11. The largest absolute Gasteiger partial charge is 0.397 e. The van der Waals surface area contributed by atoms with Crippen molar-refractivity contribution in [2.45, 2.75) is 18.9 Å². The Kier molecular flexibility index (Phi) is 6.94. The minimum absolute atomic E-state index is 0.0866. The molecule has 0 amide bonds. The van der Waals surface area contributed by atoms with Gasteiger partial charge in [0.2, 0.25) is 0 Å². The molecule has 0 bridgehead atoms. The molecule has 4 heteroatoms. The van der Waals surface area contributed by atoms with Crippen molar-refractivity contribution in [1.29, 1.82) is 0 Å². The van der Waals surface area contributed by atoms with Crippen LogP contribution in [-0.2, 0) is 13.6 Å². The molecule has 0 atom stereocenters. The first-order valence-corrected chi connectivity index (χ1v) is 5.36. The number of allylic oxidation sites excluding steroid dienone is 1. The molecule has 0 heterocycles. The lowest BCUT2D eigenvalue weighted by atomic mass is 10.2. The van der Waals surface area contributed by atoms with Crippen LogP contribution >= 0.6 is 0 Å². The van der Waals surface area contributed by atoms with Crippen molar-refractivity contribution in [3.63, 3.8) is 0 Å². The summed E-state index contributed by atoms with van der Waals surface area (Å²) in [6.45, 7) is 3.39. The van der Waals surface area contributed by atoms with Crippen LogP contribution in [0.2, 0.25) is 6.04 Å². The molecule has 0 aromatic rings. The average Bonchev–Trinajstić information content (AvgIpc) is 2.12. The predicted molar refractivity (Wildman–Crippen MR) is 49.0 cm³/mol. The highest BCUT2D eigenvalue weighted by Crippen LogP contribution is 2.03. The van der Waals surface area contributed by atoms with Crippen LogP contribution in [0.5, 0.6) is 0 Å². The summed E-state index contributed by atoms with van der Waals surface area (Å²) < 4.78 is 10.1. The quantitative estimate of drug-likeness (QED) is 0.445. The molecule has 3 nitrogen and oxygen atoms in total. The molecule has 1 radical (unpaired) electrons. The standard InChI is InChI=1S/C8H15O3Si/c1-4-8(9)6-5-7-12(10-2)11-3/h4H,1,5-7H2,2-3H3. The first-order valence-electron chi connectivity index (χ1n) is 3.83. The Morgan fingerprint density at radius 2 is 2.08 bits per heavy atom. The molecule has 0 saturated carbocycles. The molecule has 0 aliphatic carbocycles. The molecule has 0 rings (SSSR count). The zero-order valence-corrected chi connectivity index (χ0v) is 8.63. The van der Waals surface area contributed by atoms with Crippen molar-refractivity contribution in [3.05, 3.63) is 12.7 Å². The number of ketones is 1. The molecule has 0 unspecified atom stereocenters. The number of hydrogen-bond donors (Lipinski definition) is 0. The van der Waals surface area contributed by atoms with E-state index in [1.165, 1.54) is 6.08 Å². The lowest BCUT2D eigenvalue weighted by Crippen LogP contribution is -2.18. The van der Waals surface area contributed by atoms with E-state index in [1.54, 1.807) is 14.2 Å². The molecular weight excluding hydrogens is 172 g/mol. The first kappa shape index (κ1) is 11.5. The van der Waals surface area contributed by atoms with Crippen molar-refractivity contribution in [3.8, 4) is 0 Å². The highest BCUT2D eigenvalue weighted by atomic mass is 28.3. The third-order valence-corrected chi connectivity index (χ3v) is 3.16. The van der Waals surface area contributed by atoms with Gasteiger partial charge in [-0.1, -0.05) is 6.58 Å². The second-order valence-electron chi connectivity index (χ2n) is 2.30. The van der Waals surface area contributed by atoms with Gasteiger partial charge in [-0.05, 0) is 18.5 Å². The van der Waals surface area contributed by atoms with Gasteiger partial charge in [-0.25, -0.2) is 0 Å². The van der Waals surface area contributed by atoms with E-state index >= 15 is 0 Å². The Hall–Kier alpha value is -0.453. The fourth-order valence-electron chi connectivity index (χ4n) is 0.796. The number of carbonyl (C=O) groups is 1. The summed E-state index contributed by atoms with van der Waals surface area (Å²) in [5, 5.41) is 0. The predicted octanol–water partition coefficient (Wildman–Crippen LogP) is 1.30. The van der Waals surface area contributed by atoms with Crippen molar-refractivity contribution in [2.75, 3.05) is 14.2 Å². The lowest BCUT2D eigenvalue weighted by molar-refractivity contribution is -0.114. The summed E-state index contributed by atoms with van der Waals surface area (Å²) in [4.78, 5) is 10.8. The number of carbonyl (C=O) groups excluding carboxylic acids is 1. The molecule has 69 valence electrons.